The molecule has 1 heterocycles. The zero-order valence-corrected chi connectivity index (χ0v) is 22.5. The first-order valence-corrected chi connectivity index (χ1v) is 12.3. The van der Waals surface area contributed by atoms with Crippen LogP contribution in [0.1, 0.15) is 99.8 Å². The zero-order chi connectivity index (χ0) is 25.2. The Hall–Kier alpha value is -1.11. The van der Waals surface area contributed by atoms with Crippen LogP contribution in [0.4, 0.5) is 0 Å². The summed E-state index contributed by atoms with van der Waals surface area (Å²) in [5, 5.41) is 9.43. The van der Waals surface area contributed by atoms with Gasteiger partial charge in [0.2, 0.25) is 0 Å². The van der Waals surface area contributed by atoms with E-state index in [4.69, 9.17) is 15.2 Å². The fourth-order valence-electron chi connectivity index (χ4n) is 3.68. The number of unbranched alkanes of at least 4 members (excludes halogenated alkanes) is 1. The molecule has 32 heavy (non-hydrogen) atoms. The Kier molecular flexibility index (Phi) is 18.9. The maximum Gasteiger partial charge on any atom is 0.303 e. The van der Waals surface area contributed by atoms with Crippen molar-refractivity contribution in [3.05, 3.63) is 12.3 Å². The highest BCUT2D eigenvalue weighted by Crippen LogP contribution is 2.33. The molecule has 0 saturated carbocycles. The van der Waals surface area contributed by atoms with Crippen LogP contribution in [-0.2, 0) is 14.3 Å². The summed E-state index contributed by atoms with van der Waals surface area (Å²) in [5.74, 6) is -0.225. The van der Waals surface area contributed by atoms with E-state index in [1.165, 1.54) is 58.3 Å². The predicted octanol–water partition coefficient (Wildman–Crippen LogP) is 5.28. The van der Waals surface area contributed by atoms with E-state index in [1.54, 1.807) is 7.11 Å². The van der Waals surface area contributed by atoms with Crippen LogP contribution in [0.5, 0.6) is 0 Å². The molecule has 6 nitrogen and oxygen atoms in total. The lowest BCUT2D eigenvalue weighted by atomic mass is 9.78. The topological polar surface area (TPSA) is 85.0 Å². The molecule has 0 spiro atoms. The predicted molar refractivity (Wildman–Crippen MR) is 136 cm³/mol. The van der Waals surface area contributed by atoms with E-state index in [2.05, 4.69) is 32.3 Å². The van der Waals surface area contributed by atoms with Crippen LogP contribution in [0.2, 0.25) is 0 Å². The van der Waals surface area contributed by atoms with Gasteiger partial charge in [0.25, 0.3) is 0 Å². The average Bonchev–Trinajstić information content (AvgIpc) is 2.66. The Bertz CT molecular complexity index is 485. The summed E-state index contributed by atoms with van der Waals surface area (Å²) in [6.45, 7) is 21.0. The first kappa shape index (κ1) is 33.1. The zero-order valence-electron chi connectivity index (χ0n) is 22.5. The third-order valence-electron chi connectivity index (χ3n) is 5.39. The smallest absolute Gasteiger partial charge is 0.303 e. The normalized spacial score (nSPS) is 17.0. The van der Waals surface area contributed by atoms with E-state index in [-0.39, 0.29) is 23.1 Å². The van der Waals surface area contributed by atoms with Crippen molar-refractivity contribution >= 4 is 5.97 Å². The van der Waals surface area contributed by atoms with Gasteiger partial charge in [-0.05, 0) is 59.5 Å². The van der Waals surface area contributed by atoms with E-state index in [1.807, 2.05) is 20.8 Å². The molecule has 2 unspecified atom stereocenters. The molecule has 0 aliphatic carbocycles. The van der Waals surface area contributed by atoms with E-state index in [9.17, 15) is 9.90 Å². The van der Waals surface area contributed by atoms with Gasteiger partial charge in [0.05, 0.1) is 12.7 Å². The van der Waals surface area contributed by atoms with Crippen molar-refractivity contribution in [3.63, 3.8) is 0 Å². The van der Waals surface area contributed by atoms with Crippen LogP contribution in [0.3, 0.4) is 0 Å². The van der Waals surface area contributed by atoms with Crippen LogP contribution in [0, 0.1) is 5.41 Å². The van der Waals surface area contributed by atoms with Gasteiger partial charge >= 0.3 is 5.97 Å². The molecule has 0 amide bonds. The highest BCUT2D eigenvalue weighted by atomic mass is 16.6. The number of hydrogen-bond acceptors (Lipinski definition) is 6. The molecule has 0 bridgehead atoms. The Morgan fingerprint density at radius 2 is 1.66 bits per heavy atom. The number of allylic oxidation sites excluding steroid dienone is 1. The van der Waals surface area contributed by atoms with Gasteiger partial charge in [0.15, 0.2) is 0 Å². The van der Waals surface area contributed by atoms with Crippen LogP contribution < -0.4 is 5.73 Å². The van der Waals surface area contributed by atoms with Crippen LogP contribution in [-0.4, -0.2) is 61.0 Å². The van der Waals surface area contributed by atoms with E-state index in [0.29, 0.717) is 6.61 Å². The van der Waals surface area contributed by atoms with Crippen molar-refractivity contribution in [3.8, 4) is 0 Å². The minimum atomic E-state index is -0.328. The lowest BCUT2D eigenvalue weighted by Gasteiger charge is -2.29. The molecule has 1 aliphatic heterocycles. The molecule has 2 atom stereocenters. The molecule has 1 fully saturated rings. The standard InChI is InChI=1S/C11H23N.C9H19NO2.C6H12O2/c1-5-7-9-11(4,8-6-2)10(3)12;1-12-8-9(11)7-10-5-3-2-4-6-10;1-5(7)8-6(2,3)4/h3,5-9,12H2,1-2,4H3;9,11H,2-8H2,1H3;1-4H3. The van der Waals surface area contributed by atoms with Crippen molar-refractivity contribution in [2.24, 2.45) is 11.1 Å². The highest BCUT2D eigenvalue weighted by molar-refractivity contribution is 5.66. The van der Waals surface area contributed by atoms with Gasteiger partial charge in [-0.1, -0.05) is 53.0 Å². The lowest BCUT2D eigenvalue weighted by Crippen LogP contribution is -2.37. The Morgan fingerprint density at radius 1 is 1.09 bits per heavy atom. The number of carbonyl (C=O) groups is 1. The summed E-state index contributed by atoms with van der Waals surface area (Å²) in [4.78, 5) is 12.5. The summed E-state index contributed by atoms with van der Waals surface area (Å²) in [6, 6.07) is 0. The second-order valence-electron chi connectivity index (χ2n) is 10.1. The van der Waals surface area contributed by atoms with Crippen molar-refractivity contribution in [1.29, 1.82) is 0 Å². The van der Waals surface area contributed by atoms with Crippen molar-refractivity contribution < 1.29 is 19.4 Å². The van der Waals surface area contributed by atoms with Crippen molar-refractivity contribution in [2.45, 2.75) is 112 Å². The lowest BCUT2D eigenvalue weighted by molar-refractivity contribution is -0.151. The first-order valence-electron chi connectivity index (χ1n) is 12.3. The quantitative estimate of drug-likeness (QED) is 0.433. The Morgan fingerprint density at radius 3 is 2.00 bits per heavy atom. The van der Waals surface area contributed by atoms with Crippen molar-refractivity contribution in [2.75, 3.05) is 33.4 Å². The van der Waals surface area contributed by atoms with Crippen molar-refractivity contribution in [1.82, 2.24) is 4.90 Å². The fraction of sp³-hybridized carbons (Fsp3) is 0.885. The van der Waals surface area contributed by atoms with E-state index >= 15 is 0 Å². The maximum absolute atomic E-state index is 10.2. The van der Waals surface area contributed by atoms with Gasteiger partial charge in [-0.2, -0.15) is 0 Å². The summed E-state index contributed by atoms with van der Waals surface area (Å²) in [6.07, 6.45) is 9.63. The summed E-state index contributed by atoms with van der Waals surface area (Å²) < 4.78 is 9.67. The molecule has 3 N–H and O–H groups in total. The van der Waals surface area contributed by atoms with Crippen LogP contribution in [0.15, 0.2) is 12.3 Å². The van der Waals surface area contributed by atoms with Gasteiger partial charge in [-0.25, -0.2) is 0 Å². The van der Waals surface area contributed by atoms with Gasteiger partial charge in [-0.3, -0.25) is 4.79 Å². The molecule has 0 aromatic heterocycles. The number of nitrogens with zero attached hydrogens (tertiary/aromatic N) is 1. The number of methoxy groups -OCH3 is 1. The Balaban J connectivity index is 0. The number of β-amino-alcohol motifs (C(OH)–C–C–N with tert-alkyl or cyclic N) is 1. The number of piperidine rings is 1. The molecule has 192 valence electrons. The van der Waals surface area contributed by atoms with Gasteiger partial charge in [0.1, 0.15) is 5.60 Å². The van der Waals surface area contributed by atoms with Crippen LogP contribution >= 0.6 is 0 Å². The van der Waals surface area contributed by atoms with Gasteiger partial charge in [-0.15, -0.1) is 0 Å². The molecule has 1 aliphatic rings. The molecule has 0 radical (unpaired) electrons. The minimum absolute atomic E-state index is 0.185. The second kappa shape index (κ2) is 18.3. The number of aliphatic hydroxyl groups excluding tert-OH is 1. The summed E-state index contributed by atoms with van der Waals surface area (Å²) in [7, 11) is 1.62. The molecule has 1 rings (SSSR count). The van der Waals surface area contributed by atoms with Gasteiger partial charge in [0, 0.05) is 31.7 Å². The highest BCUT2D eigenvalue weighted by Gasteiger charge is 2.23. The van der Waals surface area contributed by atoms with Crippen LogP contribution in [0.25, 0.3) is 0 Å². The monoisotopic (exact) mass is 458 g/mol. The first-order chi connectivity index (χ1) is 14.8. The number of aliphatic hydroxyl groups is 1. The molecule has 6 heteroatoms. The summed E-state index contributed by atoms with van der Waals surface area (Å²) >= 11 is 0. The maximum atomic E-state index is 10.2. The van der Waals surface area contributed by atoms with E-state index < -0.39 is 0 Å². The molecule has 0 aromatic carbocycles. The Labute approximate surface area is 198 Å². The second-order valence-corrected chi connectivity index (χ2v) is 10.1. The average molecular weight is 459 g/mol. The third kappa shape index (κ3) is 19.6. The fourth-order valence-corrected chi connectivity index (χ4v) is 3.68. The largest absolute Gasteiger partial charge is 0.460 e. The number of likely N-dealkylation sites (tertiary alicyclic amines) is 1. The molecule has 0 aromatic rings. The number of esters is 1. The minimum Gasteiger partial charge on any atom is -0.460 e. The molecular formula is C26H54N2O4. The number of ether oxygens (including phenoxy) is 2. The number of nitrogens with two attached hydrogens (primary N) is 1. The van der Waals surface area contributed by atoms with E-state index in [0.717, 1.165) is 25.3 Å². The number of carbonyl (C=O) groups excluding carboxylic acids is 1. The number of rotatable bonds is 10. The summed E-state index contributed by atoms with van der Waals surface area (Å²) in [5.41, 5.74) is 6.52. The SMILES string of the molecule is C=C(N)C(C)(CCC)CCCC.CC(=O)OC(C)(C)C.COCC(O)CN1CCCCC1. The third-order valence-corrected chi connectivity index (χ3v) is 5.39. The molecule has 1 saturated heterocycles. The molecular weight excluding hydrogens is 404 g/mol. The number of hydrogen-bond donors (Lipinski definition) is 2. The van der Waals surface area contributed by atoms with Gasteiger partial charge < -0.3 is 25.2 Å².